The van der Waals surface area contributed by atoms with Crippen molar-refractivity contribution < 1.29 is 4.42 Å². The van der Waals surface area contributed by atoms with Crippen LogP contribution in [0, 0.1) is 6.92 Å². The molecule has 0 radical (unpaired) electrons. The van der Waals surface area contributed by atoms with Gasteiger partial charge in [0.15, 0.2) is 5.43 Å². The molecule has 0 saturated heterocycles. The summed E-state index contributed by atoms with van der Waals surface area (Å²) in [6.45, 7) is 8.07. The lowest BCUT2D eigenvalue weighted by molar-refractivity contribution is 0.421. The van der Waals surface area contributed by atoms with E-state index in [2.05, 4.69) is 0 Å². The maximum Gasteiger partial charge on any atom is 0.192 e. The summed E-state index contributed by atoms with van der Waals surface area (Å²) in [6, 6.07) is 7.29. The van der Waals surface area contributed by atoms with Crippen molar-refractivity contribution in [2.45, 2.75) is 33.1 Å². The Hall–Kier alpha value is -1.57. The van der Waals surface area contributed by atoms with Crippen molar-refractivity contribution in [1.29, 1.82) is 0 Å². The topological polar surface area (TPSA) is 30.2 Å². The third-order valence-corrected chi connectivity index (χ3v) is 2.62. The van der Waals surface area contributed by atoms with Gasteiger partial charge >= 0.3 is 0 Å². The van der Waals surface area contributed by atoms with Crippen molar-refractivity contribution in [3.63, 3.8) is 0 Å². The molecule has 0 atom stereocenters. The summed E-state index contributed by atoms with van der Waals surface area (Å²) in [5.41, 5.74) is 1.64. The predicted octanol–water partition coefficient (Wildman–Crippen LogP) is 3.40. The highest BCUT2D eigenvalue weighted by atomic mass is 16.3. The quantitative estimate of drug-likeness (QED) is 0.675. The van der Waals surface area contributed by atoms with Crippen LogP contribution in [-0.2, 0) is 5.41 Å². The third-order valence-electron chi connectivity index (χ3n) is 2.62. The van der Waals surface area contributed by atoms with E-state index in [0.717, 1.165) is 11.3 Å². The Morgan fingerprint density at radius 3 is 2.44 bits per heavy atom. The molecule has 0 saturated carbocycles. The summed E-state index contributed by atoms with van der Waals surface area (Å²) in [5, 5.41) is 0.660. The van der Waals surface area contributed by atoms with E-state index >= 15 is 0 Å². The zero-order valence-corrected chi connectivity index (χ0v) is 10.1. The zero-order chi connectivity index (χ0) is 11.9. The number of aryl methyl sites for hydroxylation is 1. The highest BCUT2D eigenvalue weighted by molar-refractivity contribution is 5.77. The number of hydrogen-bond acceptors (Lipinski definition) is 2. The number of benzene rings is 1. The first kappa shape index (κ1) is 10.9. The molecule has 0 N–H and O–H groups in total. The molecule has 2 nitrogen and oxygen atoms in total. The normalized spacial score (nSPS) is 12.0. The molecule has 0 fully saturated rings. The molecule has 0 unspecified atom stereocenters. The van der Waals surface area contributed by atoms with Crippen LogP contribution >= 0.6 is 0 Å². The Balaban J connectivity index is 2.79. The van der Waals surface area contributed by atoms with Crippen LogP contribution in [0.1, 0.15) is 32.1 Å². The second kappa shape index (κ2) is 3.48. The van der Waals surface area contributed by atoms with Gasteiger partial charge in [0, 0.05) is 11.5 Å². The molecule has 1 aromatic heterocycles. The number of hydrogen-bond donors (Lipinski definition) is 0. The molecule has 2 aromatic rings. The summed E-state index contributed by atoms with van der Waals surface area (Å²) >= 11 is 0. The van der Waals surface area contributed by atoms with Gasteiger partial charge in [-0.2, -0.15) is 0 Å². The highest BCUT2D eigenvalue weighted by Gasteiger charge is 2.18. The first-order valence-electron chi connectivity index (χ1n) is 5.43. The molecule has 0 aliphatic heterocycles. The number of fused-ring (bicyclic) bond motifs is 1. The maximum absolute atomic E-state index is 11.9. The maximum atomic E-state index is 11.9. The SMILES string of the molecule is Cc1ccc2oc(C(C)(C)C)cc(=O)c2c1. The van der Waals surface area contributed by atoms with E-state index < -0.39 is 0 Å². The second-order valence-electron chi connectivity index (χ2n) is 5.22. The molecule has 0 spiro atoms. The Labute approximate surface area is 94.9 Å². The minimum absolute atomic E-state index is 0.0369. The van der Waals surface area contributed by atoms with Gasteiger partial charge in [-0.3, -0.25) is 4.79 Å². The van der Waals surface area contributed by atoms with Gasteiger partial charge in [0.1, 0.15) is 11.3 Å². The van der Waals surface area contributed by atoms with Crippen molar-refractivity contribution in [2.24, 2.45) is 0 Å². The van der Waals surface area contributed by atoms with E-state index in [9.17, 15) is 4.79 Å². The van der Waals surface area contributed by atoms with Crippen LogP contribution in [0.2, 0.25) is 0 Å². The van der Waals surface area contributed by atoms with Gasteiger partial charge in [-0.05, 0) is 19.1 Å². The summed E-state index contributed by atoms with van der Waals surface area (Å²) in [4.78, 5) is 11.9. The van der Waals surface area contributed by atoms with Crippen molar-refractivity contribution in [2.75, 3.05) is 0 Å². The highest BCUT2D eigenvalue weighted by Crippen LogP contribution is 2.24. The molecule has 16 heavy (non-hydrogen) atoms. The van der Waals surface area contributed by atoms with E-state index in [1.165, 1.54) is 0 Å². The Morgan fingerprint density at radius 1 is 1.12 bits per heavy atom. The first-order chi connectivity index (χ1) is 7.38. The lowest BCUT2D eigenvalue weighted by Gasteiger charge is -2.17. The lowest BCUT2D eigenvalue weighted by Crippen LogP contribution is -2.14. The molecule has 2 rings (SSSR count). The van der Waals surface area contributed by atoms with Gasteiger partial charge in [-0.15, -0.1) is 0 Å². The Kier molecular flexibility index (Phi) is 2.38. The molecular weight excluding hydrogens is 200 g/mol. The van der Waals surface area contributed by atoms with Crippen LogP contribution in [0.3, 0.4) is 0 Å². The van der Waals surface area contributed by atoms with E-state index in [4.69, 9.17) is 4.42 Å². The molecule has 1 heterocycles. The van der Waals surface area contributed by atoms with Crippen LogP contribution < -0.4 is 5.43 Å². The smallest absolute Gasteiger partial charge is 0.192 e. The van der Waals surface area contributed by atoms with Gasteiger partial charge in [0.2, 0.25) is 0 Å². The van der Waals surface area contributed by atoms with Gasteiger partial charge in [-0.1, -0.05) is 32.4 Å². The predicted molar refractivity (Wildman–Crippen MR) is 65.9 cm³/mol. The average Bonchev–Trinajstić information content (AvgIpc) is 2.17. The summed E-state index contributed by atoms with van der Waals surface area (Å²) in [5.74, 6) is 0.730. The summed E-state index contributed by atoms with van der Waals surface area (Å²) in [6.07, 6.45) is 0. The molecule has 0 aliphatic rings. The van der Waals surface area contributed by atoms with E-state index in [1.807, 2.05) is 45.9 Å². The average molecular weight is 216 g/mol. The van der Waals surface area contributed by atoms with Crippen LogP contribution in [-0.4, -0.2) is 0 Å². The van der Waals surface area contributed by atoms with Gasteiger partial charge in [0.05, 0.1) is 5.39 Å². The molecule has 84 valence electrons. The largest absolute Gasteiger partial charge is 0.460 e. The Morgan fingerprint density at radius 2 is 1.81 bits per heavy atom. The van der Waals surface area contributed by atoms with Crippen LogP contribution in [0.15, 0.2) is 33.5 Å². The fourth-order valence-electron chi connectivity index (χ4n) is 1.64. The summed E-state index contributed by atoms with van der Waals surface area (Å²) < 4.78 is 5.76. The van der Waals surface area contributed by atoms with Crippen molar-refractivity contribution in [1.82, 2.24) is 0 Å². The van der Waals surface area contributed by atoms with E-state index in [0.29, 0.717) is 11.0 Å². The van der Waals surface area contributed by atoms with Crippen molar-refractivity contribution >= 4 is 11.0 Å². The summed E-state index contributed by atoms with van der Waals surface area (Å²) in [7, 11) is 0. The molecule has 0 bridgehead atoms. The fourth-order valence-corrected chi connectivity index (χ4v) is 1.64. The van der Waals surface area contributed by atoms with Crippen LogP contribution in [0.4, 0.5) is 0 Å². The van der Waals surface area contributed by atoms with Crippen molar-refractivity contribution in [3.05, 3.63) is 45.8 Å². The van der Waals surface area contributed by atoms with Gasteiger partial charge in [-0.25, -0.2) is 0 Å². The lowest BCUT2D eigenvalue weighted by atomic mass is 9.92. The van der Waals surface area contributed by atoms with Crippen LogP contribution in [0.25, 0.3) is 11.0 Å². The zero-order valence-electron chi connectivity index (χ0n) is 10.1. The monoisotopic (exact) mass is 216 g/mol. The van der Waals surface area contributed by atoms with Gasteiger partial charge < -0.3 is 4.42 Å². The third kappa shape index (κ3) is 1.87. The molecule has 2 heteroatoms. The van der Waals surface area contributed by atoms with Crippen molar-refractivity contribution in [3.8, 4) is 0 Å². The number of rotatable bonds is 0. The molecule has 0 aliphatic carbocycles. The van der Waals surface area contributed by atoms with Crippen LogP contribution in [0.5, 0.6) is 0 Å². The van der Waals surface area contributed by atoms with E-state index in [-0.39, 0.29) is 10.8 Å². The molecular formula is C14H16O2. The van der Waals surface area contributed by atoms with E-state index in [1.54, 1.807) is 6.07 Å². The minimum atomic E-state index is -0.141. The second-order valence-corrected chi connectivity index (χ2v) is 5.22. The molecule has 0 amide bonds. The first-order valence-corrected chi connectivity index (χ1v) is 5.43. The fraction of sp³-hybridized carbons (Fsp3) is 0.357. The standard InChI is InChI=1S/C14H16O2/c1-9-5-6-12-10(7-9)11(15)8-13(16-12)14(2,3)4/h5-8H,1-4H3. The Bertz CT molecular complexity index is 586. The molecule has 1 aromatic carbocycles. The minimum Gasteiger partial charge on any atom is -0.460 e. The van der Waals surface area contributed by atoms with Gasteiger partial charge in [0.25, 0.3) is 0 Å².